The molecule has 1 aliphatic rings. The summed E-state index contributed by atoms with van der Waals surface area (Å²) >= 11 is 0. The number of hydrogen-bond acceptors (Lipinski definition) is 3. The highest BCUT2D eigenvalue weighted by Gasteiger charge is 2.29. The lowest BCUT2D eigenvalue weighted by Gasteiger charge is -2.23. The molecule has 0 spiro atoms. The monoisotopic (exact) mass is 351 g/mol. The Labute approximate surface area is 152 Å². The predicted octanol–water partition coefficient (Wildman–Crippen LogP) is 3.90. The molecule has 0 heterocycles. The predicted molar refractivity (Wildman–Crippen MR) is 99.1 cm³/mol. The van der Waals surface area contributed by atoms with Crippen molar-refractivity contribution in [2.45, 2.75) is 18.9 Å². The summed E-state index contributed by atoms with van der Waals surface area (Å²) in [5, 5.41) is 8.69. The number of ether oxygens (including phenoxy) is 1. The standard InChI is InChI=1S/C21H21NO4/c1-14(11-12-20(23)24)22(2)21(25)26-13-19-17-9-5-3-7-15(17)16-8-4-6-10-18(16)19/h3-12,14,19H,13H2,1-2H3,(H,23,24)/b12-11+. The van der Waals surface area contributed by atoms with Crippen molar-refractivity contribution in [3.63, 3.8) is 0 Å². The van der Waals surface area contributed by atoms with Crippen molar-refractivity contribution in [3.05, 3.63) is 71.8 Å². The van der Waals surface area contributed by atoms with Crippen LogP contribution in [0, 0.1) is 0 Å². The van der Waals surface area contributed by atoms with Gasteiger partial charge >= 0.3 is 12.1 Å². The number of hydrogen-bond donors (Lipinski definition) is 1. The van der Waals surface area contributed by atoms with E-state index < -0.39 is 12.1 Å². The highest BCUT2D eigenvalue weighted by molar-refractivity contribution is 5.80. The summed E-state index contributed by atoms with van der Waals surface area (Å²) in [4.78, 5) is 24.3. The second-order valence-electron chi connectivity index (χ2n) is 6.35. The molecule has 0 fully saturated rings. The molecule has 1 aliphatic carbocycles. The van der Waals surface area contributed by atoms with Gasteiger partial charge in [0, 0.05) is 19.0 Å². The molecule has 1 N–H and O–H groups in total. The number of carbonyl (C=O) groups excluding carboxylic acids is 1. The molecule has 1 atom stereocenters. The zero-order valence-electron chi connectivity index (χ0n) is 14.8. The third-order valence-electron chi connectivity index (χ3n) is 4.75. The highest BCUT2D eigenvalue weighted by atomic mass is 16.6. The number of rotatable bonds is 5. The van der Waals surface area contributed by atoms with Gasteiger partial charge in [-0.3, -0.25) is 0 Å². The number of amides is 1. The van der Waals surface area contributed by atoms with Gasteiger partial charge in [0.25, 0.3) is 0 Å². The first kappa shape index (κ1) is 17.7. The third kappa shape index (κ3) is 3.47. The van der Waals surface area contributed by atoms with Crippen LogP contribution in [-0.4, -0.2) is 41.8 Å². The van der Waals surface area contributed by atoms with Gasteiger partial charge in [0.05, 0.1) is 6.04 Å². The number of carboxylic acids is 1. The molecular weight excluding hydrogens is 330 g/mol. The van der Waals surface area contributed by atoms with Crippen LogP contribution in [0.5, 0.6) is 0 Å². The molecule has 1 amide bonds. The van der Waals surface area contributed by atoms with Crippen LogP contribution in [0.3, 0.4) is 0 Å². The normalized spacial score (nSPS) is 13.9. The minimum Gasteiger partial charge on any atom is -0.478 e. The first-order chi connectivity index (χ1) is 12.5. The van der Waals surface area contributed by atoms with Gasteiger partial charge in [-0.25, -0.2) is 9.59 Å². The topological polar surface area (TPSA) is 66.8 Å². The average Bonchev–Trinajstić information content (AvgIpc) is 2.97. The molecule has 5 nitrogen and oxygen atoms in total. The Bertz CT molecular complexity index is 813. The fourth-order valence-electron chi connectivity index (χ4n) is 3.21. The Morgan fingerprint density at radius 1 is 1.12 bits per heavy atom. The number of nitrogens with zero attached hydrogens (tertiary/aromatic N) is 1. The van der Waals surface area contributed by atoms with Crippen molar-refractivity contribution in [3.8, 4) is 11.1 Å². The zero-order chi connectivity index (χ0) is 18.7. The molecular formula is C21H21NO4. The molecule has 5 heteroatoms. The zero-order valence-corrected chi connectivity index (χ0v) is 14.8. The van der Waals surface area contributed by atoms with E-state index in [0.717, 1.165) is 17.2 Å². The van der Waals surface area contributed by atoms with E-state index in [1.807, 2.05) is 24.3 Å². The number of benzene rings is 2. The molecule has 2 aromatic rings. The fourth-order valence-corrected chi connectivity index (χ4v) is 3.21. The van der Waals surface area contributed by atoms with Crippen LogP contribution in [0.1, 0.15) is 24.0 Å². The van der Waals surface area contributed by atoms with Gasteiger partial charge in [0.1, 0.15) is 6.61 Å². The Hall–Kier alpha value is -3.08. The van der Waals surface area contributed by atoms with Crippen molar-refractivity contribution in [2.24, 2.45) is 0 Å². The van der Waals surface area contributed by atoms with Crippen LogP contribution in [0.4, 0.5) is 4.79 Å². The molecule has 0 saturated heterocycles. The minimum absolute atomic E-state index is 0.00428. The maximum Gasteiger partial charge on any atom is 0.410 e. The van der Waals surface area contributed by atoms with Gasteiger partial charge in [-0.15, -0.1) is 0 Å². The van der Waals surface area contributed by atoms with Crippen LogP contribution < -0.4 is 0 Å². The van der Waals surface area contributed by atoms with Crippen molar-refractivity contribution in [2.75, 3.05) is 13.7 Å². The Kier molecular flexibility index (Phi) is 5.07. The van der Waals surface area contributed by atoms with Gasteiger partial charge < -0.3 is 14.7 Å². The van der Waals surface area contributed by atoms with Crippen LogP contribution in [-0.2, 0) is 9.53 Å². The van der Waals surface area contributed by atoms with Gasteiger partial charge in [-0.2, -0.15) is 0 Å². The first-order valence-electron chi connectivity index (χ1n) is 8.48. The minimum atomic E-state index is -1.04. The van der Waals surface area contributed by atoms with E-state index in [4.69, 9.17) is 9.84 Å². The van der Waals surface area contributed by atoms with Crippen LogP contribution in [0.15, 0.2) is 60.7 Å². The van der Waals surface area contributed by atoms with Crippen LogP contribution >= 0.6 is 0 Å². The van der Waals surface area contributed by atoms with E-state index >= 15 is 0 Å². The summed E-state index contributed by atoms with van der Waals surface area (Å²) in [7, 11) is 1.59. The second kappa shape index (κ2) is 7.44. The van der Waals surface area contributed by atoms with Gasteiger partial charge in [-0.1, -0.05) is 54.6 Å². The molecule has 26 heavy (non-hydrogen) atoms. The maximum absolute atomic E-state index is 12.3. The number of fused-ring (bicyclic) bond motifs is 3. The number of carbonyl (C=O) groups is 2. The third-order valence-corrected chi connectivity index (χ3v) is 4.75. The number of likely N-dealkylation sites (N-methyl/N-ethyl adjacent to an activating group) is 1. The molecule has 0 radical (unpaired) electrons. The Balaban J connectivity index is 1.72. The number of aliphatic carboxylic acids is 1. The lowest BCUT2D eigenvalue weighted by atomic mass is 9.98. The smallest absolute Gasteiger partial charge is 0.410 e. The largest absolute Gasteiger partial charge is 0.478 e. The van der Waals surface area contributed by atoms with Crippen molar-refractivity contribution < 1.29 is 19.4 Å². The maximum atomic E-state index is 12.3. The molecule has 134 valence electrons. The van der Waals surface area contributed by atoms with E-state index in [2.05, 4.69) is 24.3 Å². The number of carboxylic acid groups (broad SMARTS) is 1. The van der Waals surface area contributed by atoms with E-state index in [-0.39, 0.29) is 18.6 Å². The van der Waals surface area contributed by atoms with Crippen molar-refractivity contribution in [1.29, 1.82) is 0 Å². The van der Waals surface area contributed by atoms with Crippen LogP contribution in [0.25, 0.3) is 11.1 Å². The quantitative estimate of drug-likeness (QED) is 0.830. The molecule has 0 aromatic heterocycles. The Morgan fingerprint density at radius 3 is 2.19 bits per heavy atom. The van der Waals surface area contributed by atoms with E-state index in [9.17, 15) is 9.59 Å². The van der Waals surface area contributed by atoms with Gasteiger partial charge in [0.2, 0.25) is 0 Å². The van der Waals surface area contributed by atoms with Gasteiger partial charge in [0.15, 0.2) is 0 Å². The van der Waals surface area contributed by atoms with E-state index in [0.29, 0.717) is 0 Å². The SMILES string of the molecule is CC(/C=C/C(=O)O)N(C)C(=O)OCC1c2ccccc2-c2ccccc21. The lowest BCUT2D eigenvalue weighted by molar-refractivity contribution is -0.131. The molecule has 3 rings (SSSR count). The van der Waals surface area contributed by atoms with Crippen LogP contribution in [0.2, 0.25) is 0 Å². The lowest BCUT2D eigenvalue weighted by Crippen LogP contribution is -2.35. The summed E-state index contributed by atoms with van der Waals surface area (Å²) < 4.78 is 5.54. The fraction of sp³-hybridized carbons (Fsp3) is 0.238. The molecule has 1 unspecified atom stereocenters. The van der Waals surface area contributed by atoms with Crippen molar-refractivity contribution >= 4 is 12.1 Å². The first-order valence-corrected chi connectivity index (χ1v) is 8.48. The summed E-state index contributed by atoms with van der Waals surface area (Å²) in [5.74, 6) is -1.04. The second-order valence-corrected chi connectivity index (χ2v) is 6.35. The summed E-state index contributed by atoms with van der Waals surface area (Å²) in [6.45, 7) is 1.98. The molecule has 0 aliphatic heterocycles. The van der Waals surface area contributed by atoms with Crippen molar-refractivity contribution in [1.82, 2.24) is 4.90 Å². The average molecular weight is 351 g/mol. The summed E-state index contributed by atoms with van der Waals surface area (Å²) in [6.07, 6.45) is 2.00. The molecule has 0 bridgehead atoms. The van der Waals surface area contributed by atoms with E-state index in [1.165, 1.54) is 22.1 Å². The molecule has 2 aromatic carbocycles. The molecule has 0 saturated carbocycles. The Morgan fingerprint density at radius 2 is 1.65 bits per heavy atom. The summed E-state index contributed by atoms with van der Waals surface area (Å²) in [6, 6.07) is 15.9. The van der Waals surface area contributed by atoms with Gasteiger partial charge in [-0.05, 0) is 29.2 Å². The van der Waals surface area contributed by atoms with E-state index in [1.54, 1.807) is 14.0 Å². The summed E-state index contributed by atoms with van der Waals surface area (Å²) in [5.41, 5.74) is 4.66. The highest BCUT2D eigenvalue weighted by Crippen LogP contribution is 2.44.